The molecular formula is C29H32FN3O5. The molecule has 0 N–H and O–H groups in total. The lowest BCUT2D eigenvalue weighted by atomic mass is 9.97. The summed E-state index contributed by atoms with van der Waals surface area (Å²) in [7, 11) is 0. The van der Waals surface area contributed by atoms with Gasteiger partial charge in [-0.2, -0.15) is 0 Å². The van der Waals surface area contributed by atoms with Gasteiger partial charge in [-0.15, -0.1) is 0 Å². The molecule has 3 aliphatic rings. The Hall–Kier alpha value is -3.43. The molecule has 0 saturated carbocycles. The van der Waals surface area contributed by atoms with E-state index in [2.05, 4.69) is 4.90 Å². The van der Waals surface area contributed by atoms with Crippen molar-refractivity contribution in [3.05, 3.63) is 69.6 Å². The number of hydrogen-bond acceptors (Lipinski definition) is 7. The third-order valence-corrected chi connectivity index (χ3v) is 7.69. The fraction of sp³-hybridized carbons (Fsp3) is 0.448. The average Bonchev–Trinajstić information content (AvgIpc) is 3.43. The van der Waals surface area contributed by atoms with Crippen LogP contribution in [0.5, 0.6) is 0 Å². The van der Waals surface area contributed by atoms with Crippen molar-refractivity contribution in [2.75, 3.05) is 62.3 Å². The molecule has 200 valence electrons. The van der Waals surface area contributed by atoms with Gasteiger partial charge in [-0.3, -0.25) is 9.59 Å². The molecule has 0 spiro atoms. The molecule has 9 heteroatoms. The van der Waals surface area contributed by atoms with Gasteiger partial charge in [0, 0.05) is 55.6 Å². The second kappa shape index (κ2) is 10.4. The largest absolute Gasteiger partial charge is 0.440 e. The first kappa shape index (κ1) is 24.9. The molecule has 3 aromatic rings. The molecule has 3 aliphatic heterocycles. The van der Waals surface area contributed by atoms with E-state index in [-0.39, 0.29) is 29.3 Å². The van der Waals surface area contributed by atoms with Crippen molar-refractivity contribution in [3.63, 3.8) is 0 Å². The zero-order valence-electron chi connectivity index (χ0n) is 21.5. The van der Waals surface area contributed by atoms with Gasteiger partial charge in [0.15, 0.2) is 11.3 Å². The summed E-state index contributed by atoms with van der Waals surface area (Å²) in [5, 5.41) is 0.384. The van der Waals surface area contributed by atoms with Crippen molar-refractivity contribution < 1.29 is 23.1 Å². The lowest BCUT2D eigenvalue weighted by Crippen LogP contribution is -2.41. The molecule has 8 nitrogen and oxygen atoms in total. The van der Waals surface area contributed by atoms with E-state index in [1.165, 1.54) is 18.2 Å². The smallest absolute Gasteiger partial charge is 0.254 e. The zero-order valence-corrected chi connectivity index (χ0v) is 21.5. The highest BCUT2D eigenvalue weighted by molar-refractivity contribution is 5.99. The van der Waals surface area contributed by atoms with Gasteiger partial charge in [0.25, 0.3) is 5.91 Å². The van der Waals surface area contributed by atoms with E-state index < -0.39 is 0 Å². The molecule has 0 radical (unpaired) electrons. The monoisotopic (exact) mass is 521 g/mol. The molecule has 3 saturated heterocycles. The first-order valence-corrected chi connectivity index (χ1v) is 13.4. The maximum absolute atomic E-state index is 14.2. The Kier molecular flexibility index (Phi) is 6.80. The lowest BCUT2D eigenvalue weighted by Gasteiger charge is -2.32. The van der Waals surface area contributed by atoms with Crippen LogP contribution in [0.1, 0.15) is 41.7 Å². The Labute approximate surface area is 220 Å². The first-order chi connectivity index (χ1) is 18.5. The number of anilines is 2. The quantitative estimate of drug-likeness (QED) is 0.514. The van der Waals surface area contributed by atoms with Crippen molar-refractivity contribution in [3.8, 4) is 0 Å². The van der Waals surface area contributed by atoms with Crippen LogP contribution in [0.4, 0.5) is 16.0 Å². The molecule has 0 bridgehead atoms. The van der Waals surface area contributed by atoms with Gasteiger partial charge in [0.2, 0.25) is 0 Å². The minimum atomic E-state index is -0.301. The summed E-state index contributed by atoms with van der Waals surface area (Å²) in [5.74, 6) is 0.0724. The molecule has 1 aromatic heterocycles. The number of rotatable bonds is 4. The van der Waals surface area contributed by atoms with Crippen molar-refractivity contribution in [2.45, 2.75) is 31.9 Å². The maximum atomic E-state index is 14.2. The summed E-state index contributed by atoms with van der Waals surface area (Å²) in [4.78, 5) is 33.0. The van der Waals surface area contributed by atoms with Crippen LogP contribution in [0.25, 0.3) is 11.0 Å². The van der Waals surface area contributed by atoms with Crippen LogP contribution in [0.15, 0.2) is 51.7 Å². The molecule has 6 rings (SSSR count). The highest BCUT2D eigenvalue weighted by Gasteiger charge is 2.32. The second-order valence-electron chi connectivity index (χ2n) is 10.3. The van der Waals surface area contributed by atoms with E-state index in [1.54, 1.807) is 17.0 Å². The Morgan fingerprint density at radius 3 is 2.66 bits per heavy atom. The minimum Gasteiger partial charge on any atom is -0.440 e. The van der Waals surface area contributed by atoms with Gasteiger partial charge in [0.1, 0.15) is 11.4 Å². The molecule has 2 atom stereocenters. The predicted molar refractivity (Wildman–Crippen MR) is 143 cm³/mol. The molecule has 38 heavy (non-hydrogen) atoms. The van der Waals surface area contributed by atoms with Crippen LogP contribution in [-0.2, 0) is 9.47 Å². The van der Waals surface area contributed by atoms with Crippen molar-refractivity contribution in [1.29, 1.82) is 0 Å². The number of benzene rings is 2. The molecule has 1 amide bonds. The number of morpholine rings is 2. The van der Waals surface area contributed by atoms with Crippen molar-refractivity contribution >= 4 is 28.4 Å². The van der Waals surface area contributed by atoms with Gasteiger partial charge in [-0.25, -0.2) is 4.39 Å². The number of carbonyl (C=O) groups is 1. The summed E-state index contributed by atoms with van der Waals surface area (Å²) in [5.41, 5.74) is 2.31. The van der Waals surface area contributed by atoms with Crippen LogP contribution >= 0.6 is 0 Å². The summed E-state index contributed by atoms with van der Waals surface area (Å²) in [6.45, 7) is 6.53. The third-order valence-electron chi connectivity index (χ3n) is 7.69. The summed E-state index contributed by atoms with van der Waals surface area (Å²) in [6.07, 6.45) is 1.72. The van der Waals surface area contributed by atoms with Crippen LogP contribution in [0.2, 0.25) is 0 Å². The van der Waals surface area contributed by atoms with E-state index in [0.29, 0.717) is 68.4 Å². The zero-order chi connectivity index (χ0) is 26.2. The van der Waals surface area contributed by atoms with E-state index in [1.807, 2.05) is 24.0 Å². The van der Waals surface area contributed by atoms with Gasteiger partial charge in [-0.05, 0) is 50.1 Å². The Balaban J connectivity index is 1.49. The molecule has 2 unspecified atom stereocenters. The highest BCUT2D eigenvalue weighted by atomic mass is 19.1. The summed E-state index contributed by atoms with van der Waals surface area (Å²) < 4.78 is 31.7. The van der Waals surface area contributed by atoms with Gasteiger partial charge < -0.3 is 28.6 Å². The van der Waals surface area contributed by atoms with Crippen LogP contribution in [0.3, 0.4) is 0 Å². The number of nitrogens with zero attached hydrogens (tertiary/aromatic N) is 3. The maximum Gasteiger partial charge on any atom is 0.254 e. The van der Waals surface area contributed by atoms with E-state index in [0.717, 1.165) is 30.6 Å². The molecule has 0 aliphatic carbocycles. The van der Waals surface area contributed by atoms with Crippen molar-refractivity contribution in [2.24, 2.45) is 0 Å². The van der Waals surface area contributed by atoms with Crippen LogP contribution in [0, 0.1) is 5.82 Å². The fourth-order valence-electron chi connectivity index (χ4n) is 5.82. The normalized spacial score (nSPS) is 22.3. The SMILES string of the molecule is CC1CN(c2cc(=O)c3cc(C(=O)N4CCOCC4)cc(C4CCCN4c4cccc(F)c4)c3o2)CCO1. The van der Waals surface area contributed by atoms with Crippen LogP contribution in [-0.4, -0.2) is 69.5 Å². The lowest BCUT2D eigenvalue weighted by molar-refractivity contribution is 0.0303. The standard InChI is InChI=1S/C29H32FN3O5/c1-19-18-32(10-13-37-19)27-17-26(34)24-15-20(29(35)31-8-11-36-12-9-31)14-23(28(24)38-27)25-6-3-7-33(25)22-5-2-4-21(30)16-22/h2,4-5,14-17,19,25H,3,6-13,18H2,1H3. The van der Waals surface area contributed by atoms with Crippen LogP contribution < -0.4 is 15.2 Å². The van der Waals surface area contributed by atoms with Gasteiger partial charge >= 0.3 is 0 Å². The van der Waals surface area contributed by atoms with Gasteiger partial charge in [-0.1, -0.05) is 6.07 Å². The molecular weight excluding hydrogens is 489 g/mol. The average molecular weight is 522 g/mol. The summed E-state index contributed by atoms with van der Waals surface area (Å²) >= 11 is 0. The molecule has 2 aromatic carbocycles. The Morgan fingerprint density at radius 1 is 1.03 bits per heavy atom. The second-order valence-corrected chi connectivity index (χ2v) is 10.3. The Bertz CT molecular complexity index is 1400. The predicted octanol–water partition coefficient (Wildman–Crippen LogP) is 3.97. The van der Waals surface area contributed by atoms with Gasteiger partial charge in [0.05, 0.1) is 37.4 Å². The first-order valence-electron chi connectivity index (χ1n) is 13.4. The van der Waals surface area contributed by atoms with E-state index >= 15 is 0 Å². The number of amides is 1. The minimum absolute atomic E-state index is 0.0241. The highest BCUT2D eigenvalue weighted by Crippen LogP contribution is 2.40. The number of ether oxygens (including phenoxy) is 2. The number of fused-ring (bicyclic) bond motifs is 1. The number of halogens is 1. The fourth-order valence-corrected chi connectivity index (χ4v) is 5.82. The van der Waals surface area contributed by atoms with Crippen molar-refractivity contribution in [1.82, 2.24) is 4.90 Å². The molecule has 3 fully saturated rings. The third kappa shape index (κ3) is 4.76. The Morgan fingerprint density at radius 2 is 1.87 bits per heavy atom. The summed E-state index contributed by atoms with van der Waals surface area (Å²) in [6, 6.07) is 11.4. The number of hydrogen-bond donors (Lipinski definition) is 0. The topological polar surface area (TPSA) is 75.5 Å². The van der Waals surface area contributed by atoms with E-state index in [4.69, 9.17) is 13.9 Å². The van der Waals surface area contributed by atoms with E-state index in [9.17, 15) is 14.0 Å². The molecule has 4 heterocycles. The number of carbonyl (C=O) groups excluding carboxylic acids is 1.